The topological polar surface area (TPSA) is 42.0 Å². The summed E-state index contributed by atoms with van der Waals surface area (Å²) in [6.07, 6.45) is -4.30. The second-order valence-corrected chi connectivity index (χ2v) is 9.41. The van der Waals surface area contributed by atoms with Crippen LogP contribution in [0.2, 0.25) is 0 Å². The highest BCUT2D eigenvalue weighted by Crippen LogP contribution is 2.30. The van der Waals surface area contributed by atoms with Crippen LogP contribution in [0.25, 0.3) is 0 Å². The van der Waals surface area contributed by atoms with Crippen molar-refractivity contribution in [3.63, 3.8) is 0 Å². The molecule has 1 fully saturated rings. The quantitative estimate of drug-likeness (QED) is 0.526. The van der Waals surface area contributed by atoms with Crippen LogP contribution in [0.3, 0.4) is 0 Å². The third-order valence-electron chi connectivity index (χ3n) is 6.11. The molecule has 0 N–H and O–H groups in total. The van der Waals surface area contributed by atoms with E-state index in [9.17, 15) is 18.0 Å². The molecule has 0 amide bonds. The summed E-state index contributed by atoms with van der Waals surface area (Å²) in [5.41, 5.74) is 2.31. The van der Waals surface area contributed by atoms with Gasteiger partial charge in [-0.1, -0.05) is 24.3 Å². The Morgan fingerprint density at radius 1 is 0.882 bits per heavy atom. The maximum Gasteiger partial charge on any atom is 0.416 e. The molecule has 2 aromatic carbocycles. The minimum absolute atomic E-state index is 0.426. The number of methoxy groups -OCH3 is 1. The van der Waals surface area contributed by atoms with E-state index in [4.69, 9.17) is 9.47 Å². The van der Waals surface area contributed by atoms with Gasteiger partial charge in [-0.2, -0.15) is 13.2 Å². The monoisotopic (exact) mass is 478 g/mol. The zero-order valence-electron chi connectivity index (χ0n) is 20.5. The summed E-state index contributed by atoms with van der Waals surface area (Å²) in [6.45, 7) is 12.2. The van der Waals surface area contributed by atoms with Gasteiger partial charge in [-0.15, -0.1) is 0 Å². The molecule has 0 radical (unpaired) electrons. The van der Waals surface area contributed by atoms with Crippen molar-refractivity contribution in [1.29, 1.82) is 0 Å². The first-order chi connectivity index (χ1) is 15.9. The highest BCUT2D eigenvalue weighted by atomic mass is 19.4. The number of carbonyl (C=O) groups excluding carboxylic acids is 1. The van der Waals surface area contributed by atoms with E-state index >= 15 is 0 Å². The highest BCUT2D eigenvalue weighted by molar-refractivity contribution is 5.79. The summed E-state index contributed by atoms with van der Waals surface area (Å²) in [7, 11) is 1.35. The standard InChI is InChI=1S/C26H33F3N2O3/c1-18-14-21(15-19(2)23(18)34-25(3,4)24(32)33-5)17-31-12-10-30(11-13-31)16-20-6-8-22(9-7-20)26(27,28)29/h6-9,14-15H,10-13,16-17H2,1-5H3. The first kappa shape index (κ1) is 26.0. The molecule has 0 unspecified atom stereocenters. The van der Waals surface area contributed by atoms with Gasteiger partial charge >= 0.3 is 12.1 Å². The summed E-state index contributed by atoms with van der Waals surface area (Å²) in [6, 6.07) is 9.60. The Balaban J connectivity index is 1.55. The zero-order valence-corrected chi connectivity index (χ0v) is 20.5. The minimum atomic E-state index is -4.30. The molecule has 186 valence electrons. The molecule has 34 heavy (non-hydrogen) atoms. The third-order valence-corrected chi connectivity index (χ3v) is 6.11. The molecular weight excluding hydrogens is 445 g/mol. The second-order valence-electron chi connectivity index (χ2n) is 9.41. The van der Waals surface area contributed by atoms with Gasteiger partial charge in [-0.3, -0.25) is 9.80 Å². The molecule has 3 rings (SSSR count). The minimum Gasteiger partial charge on any atom is -0.476 e. The van der Waals surface area contributed by atoms with E-state index in [0.29, 0.717) is 12.3 Å². The molecule has 1 aliphatic rings. The Kier molecular flexibility index (Phi) is 7.93. The van der Waals surface area contributed by atoms with Crippen LogP contribution in [-0.2, 0) is 28.8 Å². The van der Waals surface area contributed by atoms with Gasteiger partial charge in [0.2, 0.25) is 0 Å². The van der Waals surface area contributed by atoms with E-state index in [1.165, 1.54) is 12.7 Å². The zero-order chi connectivity index (χ0) is 25.1. The fourth-order valence-electron chi connectivity index (χ4n) is 4.26. The fraction of sp³-hybridized carbons (Fsp3) is 0.500. The number of halogens is 3. The molecule has 2 aromatic rings. The molecule has 5 nitrogen and oxygen atoms in total. The summed E-state index contributed by atoms with van der Waals surface area (Å²) in [4.78, 5) is 16.6. The van der Waals surface area contributed by atoms with Crippen LogP contribution >= 0.6 is 0 Å². The molecule has 0 spiro atoms. The number of nitrogens with zero attached hydrogens (tertiary/aromatic N) is 2. The number of aryl methyl sites for hydroxylation is 2. The van der Waals surface area contributed by atoms with Gasteiger partial charge in [0, 0.05) is 39.3 Å². The molecular formula is C26H33F3N2O3. The molecule has 0 bridgehead atoms. The van der Waals surface area contributed by atoms with Crippen molar-refractivity contribution < 1.29 is 27.4 Å². The van der Waals surface area contributed by atoms with Gasteiger partial charge in [-0.05, 0) is 62.1 Å². The van der Waals surface area contributed by atoms with Gasteiger partial charge in [-0.25, -0.2) is 4.79 Å². The third kappa shape index (κ3) is 6.51. The average molecular weight is 479 g/mol. The maximum atomic E-state index is 12.7. The predicted molar refractivity (Wildman–Crippen MR) is 125 cm³/mol. The average Bonchev–Trinajstić information content (AvgIpc) is 2.77. The number of esters is 1. The Morgan fingerprint density at radius 3 is 1.79 bits per heavy atom. The lowest BCUT2D eigenvalue weighted by Crippen LogP contribution is -2.45. The predicted octanol–water partition coefficient (Wildman–Crippen LogP) is 4.97. The smallest absolute Gasteiger partial charge is 0.416 e. The lowest BCUT2D eigenvalue weighted by molar-refractivity contribution is -0.156. The summed E-state index contributed by atoms with van der Waals surface area (Å²) in [5, 5.41) is 0. The number of ether oxygens (including phenoxy) is 2. The Labute approximate surface area is 199 Å². The van der Waals surface area contributed by atoms with Gasteiger partial charge in [0.1, 0.15) is 5.75 Å². The number of hydrogen-bond acceptors (Lipinski definition) is 5. The normalized spacial score (nSPS) is 15.9. The summed E-state index contributed by atoms with van der Waals surface area (Å²) >= 11 is 0. The van der Waals surface area contributed by atoms with Crippen molar-refractivity contribution in [1.82, 2.24) is 9.80 Å². The Morgan fingerprint density at radius 2 is 1.35 bits per heavy atom. The number of carbonyl (C=O) groups is 1. The van der Waals surface area contributed by atoms with Crippen LogP contribution in [0.1, 0.15) is 41.7 Å². The van der Waals surface area contributed by atoms with E-state index in [-0.39, 0.29) is 0 Å². The van der Waals surface area contributed by atoms with Crippen molar-refractivity contribution in [3.8, 4) is 5.75 Å². The van der Waals surface area contributed by atoms with Crippen molar-refractivity contribution >= 4 is 5.97 Å². The van der Waals surface area contributed by atoms with Gasteiger partial charge in [0.05, 0.1) is 12.7 Å². The van der Waals surface area contributed by atoms with Gasteiger partial charge in [0.15, 0.2) is 5.60 Å². The number of piperazine rings is 1. The fourth-order valence-corrected chi connectivity index (χ4v) is 4.26. The number of benzene rings is 2. The first-order valence-corrected chi connectivity index (χ1v) is 11.4. The van der Waals surface area contributed by atoms with E-state index in [0.717, 1.165) is 61.5 Å². The highest BCUT2D eigenvalue weighted by Gasteiger charge is 2.32. The van der Waals surface area contributed by atoms with E-state index < -0.39 is 23.3 Å². The molecule has 0 aliphatic carbocycles. The first-order valence-electron chi connectivity index (χ1n) is 11.4. The van der Waals surface area contributed by atoms with Crippen LogP contribution in [0.4, 0.5) is 13.2 Å². The Bertz CT molecular complexity index is 972. The summed E-state index contributed by atoms with van der Waals surface area (Å²) < 4.78 is 49.1. The van der Waals surface area contributed by atoms with Gasteiger partial charge < -0.3 is 9.47 Å². The van der Waals surface area contributed by atoms with Crippen molar-refractivity contribution in [2.24, 2.45) is 0 Å². The lowest BCUT2D eigenvalue weighted by atomic mass is 10.0. The number of alkyl halides is 3. The molecule has 0 aromatic heterocycles. The molecule has 1 aliphatic heterocycles. The van der Waals surface area contributed by atoms with Crippen LogP contribution in [0.15, 0.2) is 36.4 Å². The van der Waals surface area contributed by atoms with E-state index in [1.54, 1.807) is 26.0 Å². The molecule has 8 heteroatoms. The molecule has 0 atom stereocenters. The van der Waals surface area contributed by atoms with E-state index in [1.807, 2.05) is 13.8 Å². The van der Waals surface area contributed by atoms with Gasteiger partial charge in [0.25, 0.3) is 0 Å². The molecule has 1 heterocycles. The second kappa shape index (κ2) is 10.4. The largest absolute Gasteiger partial charge is 0.476 e. The van der Waals surface area contributed by atoms with Crippen LogP contribution in [0.5, 0.6) is 5.75 Å². The van der Waals surface area contributed by atoms with Crippen LogP contribution < -0.4 is 4.74 Å². The van der Waals surface area contributed by atoms with E-state index in [2.05, 4.69) is 21.9 Å². The van der Waals surface area contributed by atoms with Crippen molar-refractivity contribution in [2.75, 3.05) is 33.3 Å². The van der Waals surface area contributed by atoms with Crippen LogP contribution in [0, 0.1) is 13.8 Å². The number of hydrogen-bond donors (Lipinski definition) is 0. The maximum absolute atomic E-state index is 12.7. The lowest BCUT2D eigenvalue weighted by Gasteiger charge is -2.35. The van der Waals surface area contributed by atoms with Crippen LogP contribution in [-0.4, -0.2) is 54.7 Å². The summed E-state index contributed by atoms with van der Waals surface area (Å²) in [5.74, 6) is 0.269. The number of rotatable bonds is 7. The van der Waals surface area contributed by atoms with Crippen molar-refractivity contribution in [3.05, 3.63) is 64.2 Å². The Hall–Kier alpha value is -2.58. The molecule has 0 saturated carbocycles. The van der Waals surface area contributed by atoms with Crippen molar-refractivity contribution in [2.45, 2.75) is 52.6 Å². The molecule has 1 saturated heterocycles. The SMILES string of the molecule is COC(=O)C(C)(C)Oc1c(C)cc(CN2CCN(Cc3ccc(C(F)(F)F)cc3)CC2)cc1C.